The fourth-order valence-corrected chi connectivity index (χ4v) is 6.45. The van der Waals surface area contributed by atoms with E-state index in [0.717, 1.165) is 30.6 Å². The quantitative estimate of drug-likeness (QED) is 0.271. The molecule has 0 N–H and O–H groups in total. The van der Waals surface area contributed by atoms with Gasteiger partial charge in [-0.1, -0.05) is 72.6 Å². The van der Waals surface area contributed by atoms with Crippen LogP contribution in [0.3, 0.4) is 0 Å². The molecule has 0 radical (unpaired) electrons. The van der Waals surface area contributed by atoms with Gasteiger partial charge in [0.05, 0.1) is 0 Å². The van der Waals surface area contributed by atoms with Crippen LogP contribution in [0.15, 0.2) is 4.90 Å². The van der Waals surface area contributed by atoms with Crippen molar-refractivity contribution in [2.75, 3.05) is 6.26 Å². The molecule has 32 heavy (non-hydrogen) atoms. The van der Waals surface area contributed by atoms with E-state index in [9.17, 15) is 0 Å². The van der Waals surface area contributed by atoms with Crippen molar-refractivity contribution in [3.63, 3.8) is 0 Å². The van der Waals surface area contributed by atoms with Gasteiger partial charge in [-0.25, -0.2) is 0 Å². The lowest BCUT2D eigenvalue weighted by Crippen LogP contribution is -2.37. The van der Waals surface area contributed by atoms with Crippen LogP contribution >= 0.6 is 11.8 Å². The lowest BCUT2D eigenvalue weighted by Gasteiger charge is -2.38. The van der Waals surface area contributed by atoms with Gasteiger partial charge in [-0.05, 0) is 99.6 Å². The Morgan fingerprint density at radius 1 is 0.812 bits per heavy atom. The number of hydrogen-bond donors (Lipinski definition) is 0. The van der Waals surface area contributed by atoms with Crippen LogP contribution in [-0.4, -0.2) is 11.9 Å². The van der Waals surface area contributed by atoms with Gasteiger partial charge in [0.25, 0.3) is 0 Å². The molecule has 0 fully saturated rings. The Kier molecular flexibility index (Phi) is 11.0. The van der Waals surface area contributed by atoms with E-state index in [-0.39, 0.29) is 5.60 Å². The van der Waals surface area contributed by atoms with Gasteiger partial charge in [0.15, 0.2) is 0 Å². The van der Waals surface area contributed by atoms with E-state index in [0.29, 0.717) is 0 Å². The van der Waals surface area contributed by atoms with E-state index in [1.165, 1.54) is 90.7 Å². The van der Waals surface area contributed by atoms with Crippen molar-refractivity contribution in [2.24, 2.45) is 17.8 Å². The van der Waals surface area contributed by atoms with Crippen LogP contribution in [0.2, 0.25) is 0 Å². The molecule has 1 aliphatic rings. The summed E-state index contributed by atoms with van der Waals surface area (Å²) in [5, 5.41) is 0. The lowest BCUT2D eigenvalue weighted by atomic mass is 9.84. The average Bonchev–Trinajstić information content (AvgIpc) is 2.72. The summed E-state index contributed by atoms with van der Waals surface area (Å²) in [5.74, 6) is 3.80. The molecule has 0 bridgehead atoms. The molecule has 3 atom stereocenters. The highest BCUT2D eigenvalue weighted by Crippen LogP contribution is 2.44. The third-order valence-electron chi connectivity index (χ3n) is 8.04. The Morgan fingerprint density at radius 3 is 1.94 bits per heavy atom. The minimum atomic E-state index is 0.00215. The van der Waals surface area contributed by atoms with Crippen molar-refractivity contribution in [2.45, 2.75) is 137 Å². The monoisotopic (exact) mass is 460 g/mol. The molecule has 0 amide bonds. The van der Waals surface area contributed by atoms with Gasteiger partial charge in [0.1, 0.15) is 11.4 Å². The molecular weight excluding hydrogens is 408 g/mol. The largest absolute Gasteiger partial charge is 0.487 e. The van der Waals surface area contributed by atoms with Crippen LogP contribution in [0.25, 0.3) is 0 Å². The van der Waals surface area contributed by atoms with Crippen molar-refractivity contribution in [1.82, 2.24) is 0 Å². The third kappa shape index (κ3) is 7.71. The standard InChI is InChI=1S/C30H52OS/c1-21(2)13-10-14-22(3)15-11-16-23(4)17-12-19-30(8)20-18-27-26(7)29(32-9)25(6)24(5)28(27)31-30/h21-23H,10-20H2,1-9H3/t22-,23-,30-/m1/s1. The first-order chi connectivity index (χ1) is 15.1. The number of hydrogen-bond acceptors (Lipinski definition) is 2. The summed E-state index contributed by atoms with van der Waals surface area (Å²) < 4.78 is 6.75. The van der Waals surface area contributed by atoms with Crippen molar-refractivity contribution in [3.8, 4) is 5.75 Å². The zero-order chi connectivity index (χ0) is 23.9. The first-order valence-electron chi connectivity index (χ1n) is 13.4. The van der Waals surface area contributed by atoms with Crippen molar-refractivity contribution >= 4 is 11.8 Å². The molecule has 0 aromatic heterocycles. The zero-order valence-electron chi connectivity index (χ0n) is 22.8. The second-order valence-electron chi connectivity index (χ2n) is 11.6. The summed E-state index contributed by atoms with van der Waals surface area (Å²) in [5.41, 5.74) is 5.68. The van der Waals surface area contributed by atoms with Crippen molar-refractivity contribution < 1.29 is 4.74 Å². The van der Waals surface area contributed by atoms with Gasteiger partial charge in [-0.2, -0.15) is 0 Å². The Hall–Kier alpha value is -0.630. The van der Waals surface area contributed by atoms with Crippen LogP contribution in [-0.2, 0) is 6.42 Å². The van der Waals surface area contributed by atoms with Crippen LogP contribution in [0.5, 0.6) is 5.75 Å². The molecule has 0 spiro atoms. The Bertz CT molecular complexity index is 722. The smallest absolute Gasteiger partial charge is 0.126 e. The van der Waals surface area contributed by atoms with E-state index >= 15 is 0 Å². The SMILES string of the molecule is CSc1c(C)c(C)c2c(c1C)CC[C@@](C)(CCC[C@H](C)CCC[C@H](C)CCCC(C)C)O2. The topological polar surface area (TPSA) is 9.23 Å². The molecule has 0 aliphatic carbocycles. The fourth-order valence-electron chi connectivity index (χ4n) is 5.57. The second-order valence-corrected chi connectivity index (χ2v) is 12.4. The first kappa shape index (κ1) is 27.6. The van der Waals surface area contributed by atoms with E-state index in [2.05, 4.69) is 61.6 Å². The van der Waals surface area contributed by atoms with Gasteiger partial charge in [0, 0.05) is 4.90 Å². The molecular formula is C30H52OS. The molecule has 1 aromatic carbocycles. The summed E-state index contributed by atoms with van der Waals surface area (Å²) in [4.78, 5) is 1.46. The summed E-state index contributed by atoms with van der Waals surface area (Å²) in [7, 11) is 0. The van der Waals surface area contributed by atoms with Crippen LogP contribution in [0, 0.1) is 38.5 Å². The minimum Gasteiger partial charge on any atom is -0.487 e. The predicted octanol–water partition coefficient (Wildman–Crippen LogP) is 9.86. The minimum absolute atomic E-state index is 0.00215. The maximum atomic E-state index is 6.75. The Balaban J connectivity index is 1.77. The Labute approximate surface area is 204 Å². The molecule has 1 heterocycles. The van der Waals surface area contributed by atoms with Gasteiger partial charge in [-0.15, -0.1) is 11.8 Å². The van der Waals surface area contributed by atoms with Crippen LogP contribution < -0.4 is 4.74 Å². The Morgan fingerprint density at radius 2 is 1.38 bits per heavy atom. The van der Waals surface area contributed by atoms with Gasteiger partial charge in [0.2, 0.25) is 0 Å². The van der Waals surface area contributed by atoms with Crippen LogP contribution in [0.4, 0.5) is 0 Å². The van der Waals surface area contributed by atoms with Gasteiger partial charge < -0.3 is 4.74 Å². The molecule has 1 nitrogen and oxygen atoms in total. The molecule has 2 rings (SSSR count). The lowest BCUT2D eigenvalue weighted by molar-refractivity contribution is 0.0512. The van der Waals surface area contributed by atoms with E-state index < -0.39 is 0 Å². The number of rotatable bonds is 13. The van der Waals surface area contributed by atoms with Gasteiger partial charge in [-0.3, -0.25) is 0 Å². The molecule has 184 valence electrons. The fraction of sp³-hybridized carbons (Fsp3) is 0.800. The normalized spacial score (nSPS) is 20.2. The number of fused-ring (bicyclic) bond motifs is 1. The molecule has 0 saturated carbocycles. The van der Waals surface area contributed by atoms with E-state index in [1.807, 2.05) is 11.8 Å². The summed E-state index contributed by atoms with van der Waals surface area (Å²) in [6.07, 6.45) is 16.8. The summed E-state index contributed by atoms with van der Waals surface area (Å²) >= 11 is 1.88. The number of benzene rings is 1. The summed E-state index contributed by atoms with van der Waals surface area (Å²) in [6.45, 7) is 18.8. The van der Waals surface area contributed by atoms with Crippen molar-refractivity contribution in [3.05, 3.63) is 22.3 Å². The highest BCUT2D eigenvalue weighted by atomic mass is 32.2. The highest BCUT2D eigenvalue weighted by Gasteiger charge is 2.34. The van der Waals surface area contributed by atoms with Gasteiger partial charge >= 0.3 is 0 Å². The maximum absolute atomic E-state index is 6.75. The average molecular weight is 461 g/mol. The van der Waals surface area contributed by atoms with Crippen molar-refractivity contribution in [1.29, 1.82) is 0 Å². The first-order valence-corrected chi connectivity index (χ1v) is 14.7. The van der Waals surface area contributed by atoms with E-state index in [4.69, 9.17) is 4.74 Å². The third-order valence-corrected chi connectivity index (χ3v) is 9.06. The summed E-state index contributed by atoms with van der Waals surface area (Å²) in [6, 6.07) is 0. The second kappa shape index (κ2) is 12.7. The molecule has 0 saturated heterocycles. The molecule has 0 unspecified atom stereocenters. The molecule has 1 aromatic rings. The highest BCUT2D eigenvalue weighted by molar-refractivity contribution is 7.98. The number of ether oxygens (including phenoxy) is 1. The maximum Gasteiger partial charge on any atom is 0.126 e. The van der Waals surface area contributed by atoms with E-state index in [1.54, 1.807) is 0 Å². The molecule has 2 heteroatoms. The van der Waals surface area contributed by atoms with Crippen LogP contribution in [0.1, 0.15) is 121 Å². The zero-order valence-corrected chi connectivity index (χ0v) is 23.6. The number of thioether (sulfide) groups is 1. The predicted molar refractivity (Wildman–Crippen MR) is 145 cm³/mol. The molecule has 1 aliphatic heterocycles.